The number of hydrogen-bond acceptors (Lipinski definition) is 3. The van der Waals surface area contributed by atoms with Gasteiger partial charge in [0.15, 0.2) is 5.78 Å². The number of rotatable bonds is 6. The topological polar surface area (TPSA) is 72.2 Å². The summed E-state index contributed by atoms with van der Waals surface area (Å²) in [4.78, 5) is 27.8. The number of fused-ring (bicyclic) bond motifs is 1. The van der Waals surface area contributed by atoms with Crippen molar-refractivity contribution in [1.29, 1.82) is 0 Å². The lowest BCUT2D eigenvalue weighted by Gasteiger charge is -2.28. The van der Waals surface area contributed by atoms with Crippen LogP contribution >= 0.6 is 12.4 Å². The minimum Gasteiger partial charge on any atom is -0.480 e. The minimum absolute atomic E-state index is 0. The Morgan fingerprint density at radius 3 is 2.44 bits per heavy atom. The largest absolute Gasteiger partial charge is 0.480 e. The van der Waals surface area contributed by atoms with Gasteiger partial charge >= 0.3 is 5.97 Å². The van der Waals surface area contributed by atoms with Crippen LogP contribution in [0.25, 0.3) is 10.9 Å². The maximum atomic E-state index is 14.0. The molecule has 0 radical (unpaired) electrons. The van der Waals surface area contributed by atoms with E-state index in [4.69, 9.17) is 0 Å². The molecule has 170 valence electrons. The van der Waals surface area contributed by atoms with Crippen molar-refractivity contribution in [2.24, 2.45) is 5.92 Å². The van der Waals surface area contributed by atoms with E-state index in [0.717, 1.165) is 47.8 Å². The van der Waals surface area contributed by atoms with Crippen molar-refractivity contribution in [3.05, 3.63) is 65.1 Å². The zero-order chi connectivity index (χ0) is 22.1. The quantitative estimate of drug-likeness (QED) is 0.478. The van der Waals surface area contributed by atoms with Crippen molar-refractivity contribution in [2.75, 3.05) is 0 Å². The van der Waals surface area contributed by atoms with Crippen molar-refractivity contribution in [3.63, 3.8) is 0 Å². The van der Waals surface area contributed by atoms with Crippen LogP contribution in [-0.4, -0.2) is 26.4 Å². The summed E-state index contributed by atoms with van der Waals surface area (Å²) in [5.41, 5.74) is 2.75. The van der Waals surface area contributed by atoms with Crippen LogP contribution in [0.2, 0.25) is 0 Å². The molecule has 2 aromatic heterocycles. The van der Waals surface area contributed by atoms with Crippen LogP contribution in [0.15, 0.2) is 36.5 Å². The average molecular weight is 463 g/mol. The van der Waals surface area contributed by atoms with E-state index in [-0.39, 0.29) is 48.1 Å². The zero-order valence-electron chi connectivity index (χ0n) is 17.7. The lowest BCUT2D eigenvalue weighted by molar-refractivity contribution is -0.137. The fourth-order valence-corrected chi connectivity index (χ4v) is 4.91. The van der Waals surface area contributed by atoms with Gasteiger partial charge in [0.25, 0.3) is 0 Å². The van der Waals surface area contributed by atoms with E-state index in [0.29, 0.717) is 6.42 Å². The third kappa shape index (κ3) is 4.83. The maximum absolute atomic E-state index is 14.0. The minimum atomic E-state index is -0.941. The first-order valence-electron chi connectivity index (χ1n) is 10.5. The Bertz CT molecular complexity index is 1150. The molecule has 3 aromatic rings. The molecule has 0 saturated heterocycles. The zero-order valence-corrected chi connectivity index (χ0v) is 18.5. The summed E-state index contributed by atoms with van der Waals surface area (Å²) in [6.45, 7) is 1.72. The molecule has 0 spiro atoms. The van der Waals surface area contributed by atoms with Crippen LogP contribution in [0.4, 0.5) is 8.78 Å². The molecule has 1 fully saturated rings. The molecule has 2 heterocycles. The monoisotopic (exact) mass is 462 g/mol. The summed E-state index contributed by atoms with van der Waals surface area (Å²) in [6, 6.07) is 6.87. The number of ketones is 1. The first-order valence-corrected chi connectivity index (χ1v) is 10.5. The van der Waals surface area contributed by atoms with Gasteiger partial charge in [-0.2, -0.15) is 0 Å². The molecule has 0 aliphatic heterocycles. The molecule has 8 heteroatoms. The van der Waals surface area contributed by atoms with E-state index in [9.17, 15) is 23.5 Å². The Labute approximate surface area is 190 Å². The molecular weight excluding hydrogens is 438 g/mol. The molecule has 4 rings (SSSR count). The summed E-state index contributed by atoms with van der Waals surface area (Å²) >= 11 is 0. The number of hydrogen-bond donors (Lipinski definition) is 1. The number of halogens is 3. The third-order valence-corrected chi connectivity index (χ3v) is 6.36. The van der Waals surface area contributed by atoms with E-state index in [1.807, 2.05) is 6.92 Å². The van der Waals surface area contributed by atoms with E-state index >= 15 is 0 Å². The molecule has 1 N–H and O–H groups in total. The Hall–Kier alpha value is -2.80. The second-order valence-electron chi connectivity index (χ2n) is 8.34. The van der Waals surface area contributed by atoms with Crippen molar-refractivity contribution in [2.45, 2.75) is 51.5 Å². The summed E-state index contributed by atoms with van der Waals surface area (Å²) in [6.07, 6.45) is 4.94. The van der Waals surface area contributed by atoms with Gasteiger partial charge in [-0.1, -0.05) is 0 Å². The van der Waals surface area contributed by atoms with Gasteiger partial charge in [0.05, 0.1) is 0 Å². The third-order valence-electron chi connectivity index (χ3n) is 6.36. The summed E-state index contributed by atoms with van der Waals surface area (Å²) in [5.74, 6) is -1.54. The fourth-order valence-electron chi connectivity index (χ4n) is 4.91. The smallest absolute Gasteiger partial charge is 0.323 e. The summed E-state index contributed by atoms with van der Waals surface area (Å²) in [5, 5.41) is 10.1. The van der Waals surface area contributed by atoms with Crippen LogP contribution in [-0.2, 0) is 11.3 Å². The van der Waals surface area contributed by atoms with Gasteiger partial charge in [0.2, 0.25) is 0 Å². The predicted molar refractivity (Wildman–Crippen MR) is 119 cm³/mol. The second kappa shape index (κ2) is 9.77. The SMILES string of the molecule is Cc1c(C2CCC(CC(=O)c3cc(F)ccn3)CC2)c2cc(F)ccc2n1CC(=O)O.Cl. The number of aromatic nitrogens is 2. The number of carbonyl (C=O) groups excluding carboxylic acids is 1. The molecule has 1 aliphatic carbocycles. The van der Waals surface area contributed by atoms with Gasteiger partial charge in [-0.05, 0) is 74.3 Å². The van der Waals surface area contributed by atoms with Gasteiger partial charge in [-0.25, -0.2) is 8.78 Å². The van der Waals surface area contributed by atoms with E-state index in [2.05, 4.69) is 4.98 Å². The van der Waals surface area contributed by atoms with Crippen LogP contribution < -0.4 is 0 Å². The van der Waals surface area contributed by atoms with Crippen LogP contribution in [0.5, 0.6) is 0 Å². The van der Waals surface area contributed by atoms with Crippen LogP contribution in [0.3, 0.4) is 0 Å². The highest BCUT2D eigenvalue weighted by Crippen LogP contribution is 2.42. The van der Waals surface area contributed by atoms with E-state index in [1.54, 1.807) is 10.6 Å². The normalized spacial score (nSPS) is 18.3. The highest BCUT2D eigenvalue weighted by molar-refractivity contribution is 5.94. The maximum Gasteiger partial charge on any atom is 0.323 e. The molecule has 1 aliphatic rings. The lowest BCUT2D eigenvalue weighted by Crippen LogP contribution is -2.18. The van der Waals surface area contributed by atoms with Gasteiger partial charge in [0.1, 0.15) is 23.9 Å². The molecule has 5 nitrogen and oxygen atoms in total. The van der Waals surface area contributed by atoms with Gasteiger partial charge in [-0.15, -0.1) is 12.4 Å². The number of benzene rings is 1. The highest BCUT2D eigenvalue weighted by Gasteiger charge is 2.29. The molecule has 0 amide bonds. The van der Waals surface area contributed by atoms with Crippen LogP contribution in [0.1, 0.15) is 59.8 Å². The highest BCUT2D eigenvalue weighted by atomic mass is 35.5. The van der Waals surface area contributed by atoms with Crippen molar-refractivity contribution in [3.8, 4) is 0 Å². The fraction of sp³-hybridized carbons (Fsp3) is 0.375. The summed E-state index contributed by atoms with van der Waals surface area (Å²) < 4.78 is 29.1. The van der Waals surface area contributed by atoms with Gasteiger partial charge in [-0.3, -0.25) is 14.6 Å². The Morgan fingerprint density at radius 1 is 1.09 bits per heavy atom. The predicted octanol–water partition coefficient (Wildman–Crippen LogP) is 5.68. The standard InChI is InChI=1S/C24H24F2N2O3.ClH/c1-14-24(19-11-17(25)6-7-21(19)28(14)13-23(30)31)16-4-2-15(3-5-16)10-22(29)20-12-18(26)8-9-27-20;/h6-9,11-12,15-16H,2-5,10,13H2,1H3,(H,30,31);1H. The molecule has 1 saturated carbocycles. The first-order chi connectivity index (χ1) is 14.8. The Kier molecular flexibility index (Phi) is 7.29. The van der Waals surface area contributed by atoms with Crippen molar-refractivity contribution < 1.29 is 23.5 Å². The van der Waals surface area contributed by atoms with Gasteiger partial charge < -0.3 is 9.67 Å². The van der Waals surface area contributed by atoms with Crippen LogP contribution in [0, 0.1) is 24.5 Å². The number of carboxylic acid groups (broad SMARTS) is 1. The average Bonchev–Trinajstić information content (AvgIpc) is 2.99. The number of Topliss-reactive ketones (excluding diaryl/α,β-unsaturated/α-hetero) is 1. The molecule has 0 atom stereocenters. The lowest BCUT2D eigenvalue weighted by atomic mass is 9.76. The molecule has 32 heavy (non-hydrogen) atoms. The summed E-state index contributed by atoms with van der Waals surface area (Å²) in [7, 11) is 0. The van der Waals surface area contributed by atoms with E-state index in [1.165, 1.54) is 30.5 Å². The number of nitrogens with zero attached hydrogens (tertiary/aromatic N) is 2. The van der Waals surface area contributed by atoms with Crippen molar-refractivity contribution >= 4 is 35.1 Å². The Balaban J connectivity index is 0.00000289. The number of carbonyl (C=O) groups is 2. The van der Waals surface area contributed by atoms with Gasteiger partial charge in [0, 0.05) is 35.3 Å². The van der Waals surface area contributed by atoms with Crippen molar-refractivity contribution in [1.82, 2.24) is 9.55 Å². The molecule has 1 aromatic carbocycles. The Morgan fingerprint density at radius 2 is 1.78 bits per heavy atom. The molecule has 0 bridgehead atoms. The second-order valence-corrected chi connectivity index (χ2v) is 8.34. The molecular formula is C24H25ClF2N2O3. The number of pyridine rings is 1. The van der Waals surface area contributed by atoms with E-state index < -0.39 is 11.8 Å². The molecule has 0 unspecified atom stereocenters. The first kappa shape index (κ1) is 23.9. The number of carboxylic acids is 1. The number of aliphatic carboxylic acids is 1.